The van der Waals surface area contributed by atoms with Crippen LogP contribution in [0.5, 0.6) is 0 Å². The summed E-state index contributed by atoms with van der Waals surface area (Å²) in [6.07, 6.45) is 3.88. The van der Waals surface area contributed by atoms with E-state index >= 15 is 0 Å². The van der Waals surface area contributed by atoms with Gasteiger partial charge in [0.1, 0.15) is 0 Å². The van der Waals surface area contributed by atoms with Crippen LogP contribution in [0.3, 0.4) is 0 Å². The third-order valence-electron chi connectivity index (χ3n) is 2.33. The first-order chi connectivity index (χ1) is 7.58. The van der Waals surface area contributed by atoms with Gasteiger partial charge < -0.3 is 5.32 Å². The summed E-state index contributed by atoms with van der Waals surface area (Å²) in [5, 5.41) is 3.37. The molecular formula is C11H18ClNOS2. The van der Waals surface area contributed by atoms with Gasteiger partial charge in [0.2, 0.25) is 0 Å². The fraction of sp³-hybridized carbons (Fsp3) is 0.636. The third-order valence-corrected chi connectivity index (χ3v) is 4.40. The maximum Gasteiger partial charge on any atom is 0.0931 e. The van der Waals surface area contributed by atoms with Gasteiger partial charge in [-0.05, 0) is 31.9 Å². The topological polar surface area (TPSA) is 29.1 Å². The van der Waals surface area contributed by atoms with Crippen LogP contribution in [-0.4, -0.2) is 28.8 Å². The van der Waals surface area contributed by atoms with E-state index in [9.17, 15) is 4.21 Å². The number of nitrogens with one attached hydrogen (secondary N) is 1. The first-order valence-corrected chi connectivity index (χ1v) is 8.27. The van der Waals surface area contributed by atoms with Crippen LogP contribution >= 0.6 is 22.9 Å². The Morgan fingerprint density at radius 3 is 2.88 bits per heavy atom. The Labute approximate surface area is 109 Å². The molecule has 2 unspecified atom stereocenters. The first-order valence-electron chi connectivity index (χ1n) is 5.35. The van der Waals surface area contributed by atoms with Crippen LogP contribution in [0.1, 0.15) is 18.2 Å². The van der Waals surface area contributed by atoms with Gasteiger partial charge in [0.25, 0.3) is 0 Å². The smallest absolute Gasteiger partial charge is 0.0931 e. The van der Waals surface area contributed by atoms with Crippen molar-refractivity contribution in [1.82, 2.24) is 5.32 Å². The Hall–Kier alpha value is 0.1000. The highest BCUT2D eigenvalue weighted by Crippen LogP contribution is 2.22. The van der Waals surface area contributed by atoms with Gasteiger partial charge in [-0.15, -0.1) is 11.3 Å². The largest absolute Gasteiger partial charge is 0.313 e. The molecule has 0 radical (unpaired) electrons. The fourth-order valence-electron chi connectivity index (χ4n) is 1.40. The predicted octanol–water partition coefficient (Wildman–Crippen LogP) is 2.69. The van der Waals surface area contributed by atoms with E-state index in [2.05, 4.69) is 18.3 Å². The molecule has 0 fully saturated rings. The van der Waals surface area contributed by atoms with E-state index in [0.29, 0.717) is 6.04 Å². The summed E-state index contributed by atoms with van der Waals surface area (Å²) in [6.45, 7) is 2.99. The van der Waals surface area contributed by atoms with Crippen LogP contribution < -0.4 is 5.32 Å². The molecule has 0 amide bonds. The zero-order valence-electron chi connectivity index (χ0n) is 9.66. The normalized spacial score (nSPS) is 14.9. The Kier molecular flexibility index (Phi) is 6.58. The van der Waals surface area contributed by atoms with Crippen LogP contribution in [-0.2, 0) is 17.2 Å². The molecule has 0 saturated heterocycles. The number of rotatable bonds is 7. The van der Waals surface area contributed by atoms with Gasteiger partial charge in [-0.3, -0.25) is 4.21 Å². The zero-order valence-corrected chi connectivity index (χ0v) is 12.1. The summed E-state index contributed by atoms with van der Waals surface area (Å²) in [4.78, 5) is 1.33. The maximum absolute atomic E-state index is 10.9. The van der Waals surface area contributed by atoms with Crippen molar-refractivity contribution in [2.75, 3.05) is 18.6 Å². The molecule has 1 N–H and O–H groups in total. The standard InChI is InChI=1S/C11H18ClNOS2/c1-9(13-7-8-16(2)14)3-4-10-5-6-11(12)15-10/h5-6,9,13H,3-4,7-8H2,1-2H3. The van der Waals surface area contributed by atoms with E-state index in [0.717, 1.165) is 29.5 Å². The average Bonchev–Trinajstić information content (AvgIpc) is 2.61. The second-order valence-electron chi connectivity index (χ2n) is 3.88. The molecule has 2 atom stereocenters. The molecule has 1 heterocycles. The Balaban J connectivity index is 2.15. The monoisotopic (exact) mass is 279 g/mol. The van der Waals surface area contributed by atoms with Crippen molar-refractivity contribution in [3.05, 3.63) is 21.3 Å². The Morgan fingerprint density at radius 1 is 1.56 bits per heavy atom. The number of aryl methyl sites for hydroxylation is 1. The molecule has 0 aliphatic carbocycles. The molecule has 5 heteroatoms. The van der Waals surface area contributed by atoms with Crippen LogP contribution in [0.15, 0.2) is 12.1 Å². The minimum atomic E-state index is -0.696. The predicted molar refractivity (Wildman–Crippen MR) is 74.0 cm³/mol. The van der Waals surface area contributed by atoms with Gasteiger partial charge in [-0.25, -0.2) is 0 Å². The molecule has 1 rings (SSSR count). The summed E-state index contributed by atoms with van der Waals surface area (Å²) in [7, 11) is -0.696. The SMILES string of the molecule is CC(CCc1ccc(Cl)s1)NCCS(C)=O. The molecule has 92 valence electrons. The highest BCUT2D eigenvalue weighted by Gasteiger charge is 2.04. The van der Waals surface area contributed by atoms with Crippen LogP contribution in [0, 0.1) is 0 Å². The van der Waals surface area contributed by atoms with Crippen LogP contribution in [0.25, 0.3) is 0 Å². The Morgan fingerprint density at radius 2 is 2.31 bits per heavy atom. The lowest BCUT2D eigenvalue weighted by Gasteiger charge is -2.12. The maximum atomic E-state index is 10.9. The summed E-state index contributed by atoms with van der Waals surface area (Å²) in [6, 6.07) is 4.49. The summed E-state index contributed by atoms with van der Waals surface area (Å²) in [5.41, 5.74) is 0. The number of hydrogen-bond donors (Lipinski definition) is 1. The molecule has 1 aromatic heterocycles. The summed E-state index contributed by atoms with van der Waals surface area (Å²) >= 11 is 7.51. The van der Waals surface area contributed by atoms with Gasteiger partial charge >= 0.3 is 0 Å². The number of halogens is 1. The Bertz CT molecular complexity index is 340. The second kappa shape index (κ2) is 7.43. The highest BCUT2D eigenvalue weighted by atomic mass is 35.5. The van der Waals surface area contributed by atoms with Crippen molar-refractivity contribution < 1.29 is 4.21 Å². The van der Waals surface area contributed by atoms with Crippen molar-refractivity contribution in [2.45, 2.75) is 25.8 Å². The molecule has 16 heavy (non-hydrogen) atoms. The van der Waals surface area contributed by atoms with E-state index in [1.807, 2.05) is 6.07 Å². The lowest BCUT2D eigenvalue weighted by atomic mass is 10.1. The van der Waals surface area contributed by atoms with E-state index in [4.69, 9.17) is 11.6 Å². The molecule has 1 aromatic rings. The minimum Gasteiger partial charge on any atom is -0.313 e. The van der Waals surface area contributed by atoms with E-state index in [1.54, 1.807) is 17.6 Å². The van der Waals surface area contributed by atoms with Crippen molar-refractivity contribution >= 4 is 33.7 Å². The van der Waals surface area contributed by atoms with Gasteiger partial charge in [0.05, 0.1) is 4.34 Å². The van der Waals surface area contributed by atoms with E-state index in [-0.39, 0.29) is 0 Å². The minimum absolute atomic E-state index is 0.462. The van der Waals surface area contributed by atoms with Crippen LogP contribution in [0.4, 0.5) is 0 Å². The van der Waals surface area contributed by atoms with Gasteiger partial charge in [-0.1, -0.05) is 11.6 Å². The quantitative estimate of drug-likeness (QED) is 0.831. The molecule has 0 saturated carbocycles. The van der Waals surface area contributed by atoms with Crippen molar-refractivity contribution in [2.24, 2.45) is 0 Å². The number of hydrogen-bond acceptors (Lipinski definition) is 3. The zero-order chi connectivity index (χ0) is 12.0. The van der Waals surface area contributed by atoms with Gasteiger partial charge in [0.15, 0.2) is 0 Å². The second-order valence-corrected chi connectivity index (χ2v) is 7.23. The van der Waals surface area contributed by atoms with Crippen molar-refractivity contribution in [1.29, 1.82) is 0 Å². The average molecular weight is 280 g/mol. The first kappa shape index (κ1) is 14.2. The molecule has 2 nitrogen and oxygen atoms in total. The highest BCUT2D eigenvalue weighted by molar-refractivity contribution is 7.84. The van der Waals surface area contributed by atoms with E-state index < -0.39 is 10.8 Å². The summed E-state index contributed by atoms with van der Waals surface area (Å²) < 4.78 is 11.7. The molecular weight excluding hydrogens is 262 g/mol. The van der Waals surface area contributed by atoms with Crippen LogP contribution in [0.2, 0.25) is 4.34 Å². The molecule has 0 aromatic carbocycles. The third kappa shape index (κ3) is 5.99. The molecule has 0 bridgehead atoms. The lowest BCUT2D eigenvalue weighted by Crippen LogP contribution is -2.30. The molecule has 0 aliphatic heterocycles. The van der Waals surface area contributed by atoms with Crippen molar-refractivity contribution in [3.8, 4) is 0 Å². The molecule has 0 spiro atoms. The van der Waals surface area contributed by atoms with Gasteiger partial charge in [-0.2, -0.15) is 0 Å². The fourth-order valence-corrected chi connectivity index (χ4v) is 2.90. The van der Waals surface area contributed by atoms with Crippen molar-refractivity contribution in [3.63, 3.8) is 0 Å². The number of thiophene rings is 1. The lowest BCUT2D eigenvalue weighted by molar-refractivity contribution is 0.533. The molecule has 0 aliphatic rings. The van der Waals surface area contributed by atoms with E-state index in [1.165, 1.54) is 4.88 Å². The van der Waals surface area contributed by atoms with Gasteiger partial charge in [0, 0.05) is 40.3 Å². The summed E-state index contributed by atoms with van der Waals surface area (Å²) in [5.74, 6) is 0.731.